The Bertz CT molecular complexity index is 1290. The second kappa shape index (κ2) is 18.0. The van der Waals surface area contributed by atoms with Crippen molar-refractivity contribution < 1.29 is 33.3 Å². The lowest BCUT2D eigenvalue weighted by Crippen LogP contribution is -2.62. The summed E-state index contributed by atoms with van der Waals surface area (Å²) in [7, 11) is 0. The lowest BCUT2D eigenvalue weighted by molar-refractivity contribution is -0.139. The fraction of sp³-hybridized carbons (Fsp3) is 0.571. The molecule has 256 valence electrons. The van der Waals surface area contributed by atoms with Gasteiger partial charge in [-0.2, -0.15) is 0 Å². The minimum absolute atomic E-state index is 0.0179. The van der Waals surface area contributed by atoms with E-state index in [2.05, 4.69) is 47.0 Å². The van der Waals surface area contributed by atoms with Crippen molar-refractivity contribution in [2.24, 2.45) is 11.7 Å². The van der Waals surface area contributed by atoms with Crippen LogP contribution in [0.15, 0.2) is 54.6 Å². The van der Waals surface area contributed by atoms with Gasteiger partial charge in [-0.15, -0.1) is 0 Å². The minimum Gasteiger partial charge on any atom is -0.492 e. The van der Waals surface area contributed by atoms with Crippen molar-refractivity contribution in [3.8, 4) is 5.75 Å². The Morgan fingerprint density at radius 1 is 0.915 bits per heavy atom. The maximum atomic E-state index is 13.5. The number of carbonyl (C=O) groups excluding carboxylic acids is 3. The zero-order valence-electron chi connectivity index (χ0n) is 27.1. The maximum absolute atomic E-state index is 13.5. The van der Waals surface area contributed by atoms with Gasteiger partial charge in [0.1, 0.15) is 19.0 Å². The minimum atomic E-state index is -0.142. The van der Waals surface area contributed by atoms with E-state index in [9.17, 15) is 14.4 Å². The number of benzene rings is 2. The van der Waals surface area contributed by atoms with Crippen LogP contribution in [0.25, 0.3) is 0 Å². The zero-order valence-corrected chi connectivity index (χ0v) is 27.1. The molecule has 0 aliphatic carbocycles. The fourth-order valence-corrected chi connectivity index (χ4v) is 6.71. The second-order valence-electron chi connectivity index (χ2n) is 12.3. The van der Waals surface area contributed by atoms with Crippen LogP contribution in [-0.4, -0.2) is 119 Å². The van der Waals surface area contributed by atoms with E-state index in [1.807, 2.05) is 28.0 Å². The number of morpholine rings is 1. The average molecular weight is 652 g/mol. The van der Waals surface area contributed by atoms with E-state index in [4.69, 9.17) is 24.7 Å². The molecule has 3 aliphatic heterocycles. The van der Waals surface area contributed by atoms with E-state index in [-0.39, 0.29) is 48.9 Å². The molecule has 0 bridgehead atoms. The summed E-state index contributed by atoms with van der Waals surface area (Å²) in [6.07, 6.45) is 2.76. The number of carbonyl (C=O) groups is 3. The lowest BCUT2D eigenvalue weighted by atomic mass is 9.76. The van der Waals surface area contributed by atoms with Crippen LogP contribution >= 0.6 is 0 Å². The molecule has 0 spiro atoms. The predicted molar refractivity (Wildman–Crippen MR) is 176 cm³/mol. The van der Waals surface area contributed by atoms with Crippen molar-refractivity contribution in [2.75, 3.05) is 78.9 Å². The highest BCUT2D eigenvalue weighted by Gasteiger charge is 2.38. The van der Waals surface area contributed by atoms with Crippen LogP contribution < -0.4 is 21.1 Å². The third-order valence-corrected chi connectivity index (χ3v) is 9.05. The van der Waals surface area contributed by atoms with Gasteiger partial charge in [-0.1, -0.05) is 42.5 Å². The summed E-state index contributed by atoms with van der Waals surface area (Å²) in [5.74, 6) is 1.06. The van der Waals surface area contributed by atoms with Crippen LogP contribution in [0.5, 0.6) is 5.75 Å². The van der Waals surface area contributed by atoms with Gasteiger partial charge in [0.05, 0.1) is 45.1 Å². The van der Waals surface area contributed by atoms with Crippen LogP contribution in [0, 0.1) is 5.92 Å². The highest BCUT2D eigenvalue weighted by atomic mass is 16.5. The number of fused-ring (bicyclic) bond motifs is 1. The number of nitrogens with two attached hydrogens (primary N) is 1. The predicted octanol–water partition coefficient (Wildman–Crippen LogP) is 2.12. The van der Waals surface area contributed by atoms with E-state index in [0.717, 1.165) is 25.0 Å². The summed E-state index contributed by atoms with van der Waals surface area (Å²) in [5.41, 5.74) is 7.79. The molecule has 5 rings (SSSR count). The number of piperidine rings is 2. The van der Waals surface area contributed by atoms with E-state index >= 15 is 0 Å². The Labute approximate surface area is 277 Å². The van der Waals surface area contributed by atoms with Crippen LogP contribution in [0.3, 0.4) is 0 Å². The highest BCUT2D eigenvalue weighted by Crippen LogP contribution is 2.39. The lowest BCUT2D eigenvalue weighted by Gasteiger charge is -2.44. The molecule has 4 N–H and O–H groups in total. The Morgan fingerprint density at radius 3 is 2.45 bits per heavy atom. The number of hydrogen-bond donors (Lipinski definition) is 3. The van der Waals surface area contributed by atoms with Crippen LogP contribution in [-0.2, 0) is 23.8 Å². The van der Waals surface area contributed by atoms with Gasteiger partial charge in [-0.05, 0) is 48.4 Å². The first kappa shape index (κ1) is 34.6. The average Bonchev–Trinajstić information content (AvgIpc) is 3.10. The number of urea groups is 1. The molecule has 2 aromatic carbocycles. The van der Waals surface area contributed by atoms with Gasteiger partial charge < -0.3 is 45.1 Å². The molecular formula is C35H49N5O7. The molecule has 47 heavy (non-hydrogen) atoms. The molecular weight excluding hydrogens is 602 g/mol. The van der Waals surface area contributed by atoms with Gasteiger partial charge in [-0.25, -0.2) is 4.79 Å². The van der Waals surface area contributed by atoms with Crippen molar-refractivity contribution >= 4 is 17.8 Å². The second-order valence-corrected chi connectivity index (χ2v) is 12.3. The molecule has 3 heterocycles. The number of nitrogens with zero attached hydrogens (tertiary/aromatic N) is 2. The van der Waals surface area contributed by atoms with Gasteiger partial charge in [0, 0.05) is 45.1 Å². The summed E-state index contributed by atoms with van der Waals surface area (Å²) in [5, 5.41) is 5.87. The first-order valence-corrected chi connectivity index (χ1v) is 16.9. The van der Waals surface area contributed by atoms with E-state index < -0.39 is 0 Å². The number of ether oxygens (including phenoxy) is 4. The van der Waals surface area contributed by atoms with Gasteiger partial charge >= 0.3 is 6.03 Å². The van der Waals surface area contributed by atoms with Crippen molar-refractivity contribution in [3.63, 3.8) is 0 Å². The Kier molecular flexibility index (Phi) is 13.3. The van der Waals surface area contributed by atoms with E-state index in [0.29, 0.717) is 78.2 Å². The van der Waals surface area contributed by atoms with E-state index in [1.165, 1.54) is 11.1 Å². The van der Waals surface area contributed by atoms with Crippen LogP contribution in [0.2, 0.25) is 0 Å². The monoisotopic (exact) mass is 651 g/mol. The topological polar surface area (TPSA) is 145 Å². The zero-order chi connectivity index (χ0) is 32.8. The molecule has 2 aromatic rings. The highest BCUT2D eigenvalue weighted by molar-refractivity contribution is 5.79. The number of hydrogen-bond acceptors (Lipinski definition) is 8. The molecule has 3 aliphatic rings. The molecule has 3 atom stereocenters. The first-order chi connectivity index (χ1) is 23.0. The standard InChI is InChI=1S/C35H49N5O7/c36-13-19-45-22-21-44-18-12-32(41)37-14-20-46-29-8-4-7-28(23-29)34(26-5-2-1-3-6-26)27-9-15-39(16-10-27)35(43)40-17-11-31-30(24-40)38-33(42)25-47-31/h1-8,23,27,30-31,34H,9-22,24-25,36H2,(H,37,41)(H,38,42)/t30-,31+,34-/m1/s1. The summed E-state index contributed by atoms with van der Waals surface area (Å²) in [6, 6.07) is 18.6. The van der Waals surface area contributed by atoms with Crippen molar-refractivity contribution in [3.05, 3.63) is 65.7 Å². The summed E-state index contributed by atoms with van der Waals surface area (Å²) >= 11 is 0. The van der Waals surface area contributed by atoms with Crippen LogP contribution in [0.1, 0.15) is 42.7 Å². The molecule has 0 aromatic heterocycles. The Morgan fingerprint density at radius 2 is 1.66 bits per heavy atom. The third kappa shape index (κ3) is 10.1. The smallest absolute Gasteiger partial charge is 0.320 e. The Balaban J connectivity index is 1.11. The third-order valence-electron chi connectivity index (χ3n) is 9.05. The molecule has 3 fully saturated rings. The van der Waals surface area contributed by atoms with Gasteiger partial charge in [0.2, 0.25) is 11.8 Å². The Hall–Kier alpha value is -3.71. The summed E-state index contributed by atoms with van der Waals surface area (Å²) in [6.45, 7) is 5.56. The number of amides is 4. The van der Waals surface area contributed by atoms with Crippen molar-refractivity contribution in [1.82, 2.24) is 20.4 Å². The molecule has 3 saturated heterocycles. The quantitative estimate of drug-likeness (QED) is 0.249. The van der Waals surface area contributed by atoms with Gasteiger partial charge in [-0.3, -0.25) is 9.59 Å². The summed E-state index contributed by atoms with van der Waals surface area (Å²) in [4.78, 5) is 41.3. The van der Waals surface area contributed by atoms with Gasteiger partial charge in [0.25, 0.3) is 0 Å². The van der Waals surface area contributed by atoms with Crippen molar-refractivity contribution in [2.45, 2.75) is 43.7 Å². The molecule has 4 amide bonds. The molecule has 12 heteroatoms. The fourth-order valence-electron chi connectivity index (χ4n) is 6.71. The van der Waals surface area contributed by atoms with Crippen molar-refractivity contribution in [1.29, 1.82) is 0 Å². The van der Waals surface area contributed by atoms with E-state index in [1.54, 1.807) is 0 Å². The molecule has 12 nitrogen and oxygen atoms in total. The molecule has 0 unspecified atom stereocenters. The normalized spacial score (nSPS) is 20.7. The first-order valence-electron chi connectivity index (χ1n) is 16.9. The number of rotatable bonds is 15. The van der Waals surface area contributed by atoms with Gasteiger partial charge in [0.15, 0.2) is 0 Å². The molecule has 0 saturated carbocycles. The SMILES string of the molecule is NCCOCCOCCC(=O)NCCOc1cccc([C@H](c2ccccc2)C2CCN(C(=O)N3CC[C@@H]4OCC(=O)N[C@@H]4C3)CC2)c1. The largest absolute Gasteiger partial charge is 0.492 e. The summed E-state index contributed by atoms with van der Waals surface area (Å²) < 4.78 is 22.4. The molecule has 0 radical (unpaired) electrons. The number of likely N-dealkylation sites (tertiary alicyclic amines) is 2. The maximum Gasteiger partial charge on any atom is 0.320 e. The number of nitrogens with one attached hydrogen (secondary N) is 2. The van der Waals surface area contributed by atoms with Crippen LogP contribution in [0.4, 0.5) is 4.79 Å².